The number of hydrogen-bond donors (Lipinski definition) is 0. The first kappa shape index (κ1) is 16.5. The van der Waals surface area contributed by atoms with E-state index in [0.717, 1.165) is 37.6 Å². The van der Waals surface area contributed by atoms with Gasteiger partial charge >= 0.3 is 0 Å². The number of morpholine rings is 1. The van der Waals surface area contributed by atoms with Gasteiger partial charge in [-0.15, -0.1) is 0 Å². The zero-order chi connectivity index (χ0) is 15.5. The molecule has 120 valence electrons. The highest BCUT2D eigenvalue weighted by Gasteiger charge is 2.21. The molecule has 0 aliphatic carbocycles. The van der Waals surface area contributed by atoms with Crippen molar-refractivity contribution in [3.05, 3.63) is 17.5 Å². The molecular weight excluding hydrogens is 290 g/mol. The molecule has 0 amide bonds. The minimum atomic E-state index is -2.86. The van der Waals surface area contributed by atoms with Crippen molar-refractivity contribution < 1.29 is 13.2 Å². The van der Waals surface area contributed by atoms with Gasteiger partial charge in [-0.25, -0.2) is 8.42 Å². The summed E-state index contributed by atoms with van der Waals surface area (Å²) in [4.78, 5) is 2.28. The van der Waals surface area contributed by atoms with Gasteiger partial charge in [0.05, 0.1) is 30.7 Å². The van der Waals surface area contributed by atoms with Gasteiger partial charge in [0.15, 0.2) is 0 Å². The van der Waals surface area contributed by atoms with Gasteiger partial charge in [0.1, 0.15) is 9.84 Å². The van der Waals surface area contributed by atoms with Crippen molar-refractivity contribution in [1.82, 2.24) is 14.7 Å². The molecule has 1 aromatic heterocycles. The van der Waals surface area contributed by atoms with Crippen LogP contribution in [0.2, 0.25) is 0 Å². The smallest absolute Gasteiger partial charge is 0.147 e. The van der Waals surface area contributed by atoms with Crippen LogP contribution in [0.1, 0.15) is 17.8 Å². The maximum absolute atomic E-state index is 11.2. The van der Waals surface area contributed by atoms with Crippen molar-refractivity contribution in [3.63, 3.8) is 0 Å². The Hall–Kier alpha value is -0.920. The lowest BCUT2D eigenvalue weighted by molar-refractivity contribution is -0.0375. The topological polar surface area (TPSA) is 64.4 Å². The van der Waals surface area contributed by atoms with Gasteiger partial charge in [0, 0.05) is 25.0 Å². The summed E-state index contributed by atoms with van der Waals surface area (Å²) < 4.78 is 30.1. The second-order valence-electron chi connectivity index (χ2n) is 5.89. The monoisotopic (exact) mass is 315 g/mol. The van der Waals surface area contributed by atoms with Crippen LogP contribution in [0.3, 0.4) is 0 Å². The summed E-state index contributed by atoms with van der Waals surface area (Å²) in [7, 11) is -2.86. The number of hydrogen-bond acceptors (Lipinski definition) is 5. The molecule has 2 heterocycles. The average Bonchev–Trinajstić information content (AvgIpc) is 2.66. The van der Waals surface area contributed by atoms with E-state index in [1.165, 1.54) is 6.26 Å². The highest BCUT2D eigenvalue weighted by atomic mass is 32.2. The number of ether oxygens (including phenoxy) is 1. The molecule has 1 fully saturated rings. The summed E-state index contributed by atoms with van der Waals surface area (Å²) in [6.45, 7) is 8.00. The molecule has 0 spiro atoms. The molecule has 21 heavy (non-hydrogen) atoms. The van der Waals surface area contributed by atoms with E-state index in [1.54, 1.807) is 0 Å². The van der Waals surface area contributed by atoms with Crippen LogP contribution in [0.5, 0.6) is 0 Å². The molecule has 1 aromatic rings. The van der Waals surface area contributed by atoms with Crippen LogP contribution in [-0.4, -0.2) is 67.5 Å². The first-order chi connectivity index (χ1) is 9.83. The molecule has 0 unspecified atom stereocenters. The highest BCUT2D eigenvalue weighted by Crippen LogP contribution is 2.10. The van der Waals surface area contributed by atoms with Crippen LogP contribution in [0.15, 0.2) is 6.07 Å². The van der Waals surface area contributed by atoms with Crippen molar-refractivity contribution in [2.24, 2.45) is 0 Å². The number of rotatable bonds is 6. The molecule has 7 heteroatoms. The van der Waals surface area contributed by atoms with Gasteiger partial charge in [-0.2, -0.15) is 5.10 Å². The zero-order valence-electron chi connectivity index (χ0n) is 13.1. The van der Waals surface area contributed by atoms with Crippen LogP contribution in [0, 0.1) is 13.8 Å². The third-order valence-corrected chi connectivity index (χ3v) is 4.72. The van der Waals surface area contributed by atoms with E-state index in [0.29, 0.717) is 13.0 Å². The van der Waals surface area contributed by atoms with E-state index in [4.69, 9.17) is 4.74 Å². The second kappa shape index (κ2) is 6.89. The quantitative estimate of drug-likeness (QED) is 0.771. The average molecular weight is 315 g/mol. The molecule has 1 aliphatic heterocycles. The van der Waals surface area contributed by atoms with Crippen LogP contribution in [-0.2, 0) is 21.1 Å². The van der Waals surface area contributed by atoms with E-state index in [-0.39, 0.29) is 11.9 Å². The minimum absolute atomic E-state index is 0.120. The van der Waals surface area contributed by atoms with Crippen LogP contribution in [0.25, 0.3) is 0 Å². The standard InChI is InChI=1S/C14H25N3O3S/c1-12-9-13(2)17(15-12)11-14-10-16(6-7-20-14)5-4-8-21(3,18)19/h9,14H,4-8,10-11H2,1-3H3/t14-/m0/s1. The Morgan fingerprint density at radius 3 is 2.81 bits per heavy atom. The molecule has 0 aromatic carbocycles. The maximum atomic E-state index is 11.2. The molecule has 0 saturated carbocycles. The van der Waals surface area contributed by atoms with Gasteiger partial charge in [-0.05, 0) is 32.9 Å². The lowest BCUT2D eigenvalue weighted by atomic mass is 10.2. The normalized spacial score (nSPS) is 20.8. The highest BCUT2D eigenvalue weighted by molar-refractivity contribution is 7.90. The molecule has 2 rings (SSSR count). The summed E-state index contributed by atoms with van der Waals surface area (Å²) in [6.07, 6.45) is 2.10. The fourth-order valence-electron chi connectivity index (χ4n) is 2.70. The number of sulfone groups is 1. The van der Waals surface area contributed by atoms with Crippen molar-refractivity contribution in [3.8, 4) is 0 Å². The summed E-state index contributed by atoms with van der Waals surface area (Å²) in [6, 6.07) is 2.06. The van der Waals surface area contributed by atoms with Gasteiger partial charge in [-0.1, -0.05) is 0 Å². The number of nitrogens with zero attached hydrogens (tertiary/aromatic N) is 3. The van der Waals surface area contributed by atoms with Gasteiger partial charge < -0.3 is 4.74 Å². The van der Waals surface area contributed by atoms with E-state index in [1.807, 2.05) is 18.5 Å². The summed E-state index contributed by atoms with van der Waals surface area (Å²) >= 11 is 0. The molecule has 0 bridgehead atoms. The Bertz CT molecular complexity index is 568. The molecular formula is C14H25N3O3S. The minimum Gasteiger partial charge on any atom is -0.374 e. The Morgan fingerprint density at radius 1 is 1.43 bits per heavy atom. The maximum Gasteiger partial charge on any atom is 0.147 e. The van der Waals surface area contributed by atoms with Gasteiger partial charge in [0.2, 0.25) is 0 Å². The molecule has 1 aliphatic rings. The SMILES string of the molecule is Cc1cc(C)n(C[C@@H]2CN(CCCS(C)(=O)=O)CCO2)n1. The molecule has 1 atom stereocenters. The van der Waals surface area contributed by atoms with E-state index in [2.05, 4.69) is 16.1 Å². The van der Waals surface area contributed by atoms with Crippen LogP contribution >= 0.6 is 0 Å². The van der Waals surface area contributed by atoms with Crippen molar-refractivity contribution >= 4 is 9.84 Å². The summed E-state index contributed by atoms with van der Waals surface area (Å²) in [5.74, 6) is 0.256. The predicted octanol–water partition coefficient (Wildman–Crippen LogP) is 0.635. The molecule has 0 radical (unpaired) electrons. The Kier molecular flexibility index (Phi) is 5.40. The van der Waals surface area contributed by atoms with Crippen molar-refractivity contribution in [1.29, 1.82) is 0 Å². The summed E-state index contributed by atoms with van der Waals surface area (Å²) in [5.41, 5.74) is 2.17. The van der Waals surface area contributed by atoms with E-state index >= 15 is 0 Å². The fourth-order valence-corrected chi connectivity index (χ4v) is 3.35. The number of aromatic nitrogens is 2. The Labute approximate surface area is 127 Å². The van der Waals surface area contributed by atoms with E-state index in [9.17, 15) is 8.42 Å². The fraction of sp³-hybridized carbons (Fsp3) is 0.786. The molecule has 1 saturated heterocycles. The third kappa shape index (κ3) is 5.41. The first-order valence-electron chi connectivity index (χ1n) is 7.36. The van der Waals surface area contributed by atoms with Gasteiger partial charge in [-0.3, -0.25) is 9.58 Å². The van der Waals surface area contributed by atoms with Crippen LogP contribution in [0.4, 0.5) is 0 Å². The number of aryl methyl sites for hydroxylation is 2. The lowest BCUT2D eigenvalue weighted by Crippen LogP contribution is -2.45. The van der Waals surface area contributed by atoms with Crippen LogP contribution < -0.4 is 0 Å². The third-order valence-electron chi connectivity index (χ3n) is 3.69. The van der Waals surface area contributed by atoms with Gasteiger partial charge in [0.25, 0.3) is 0 Å². The largest absolute Gasteiger partial charge is 0.374 e. The first-order valence-corrected chi connectivity index (χ1v) is 9.42. The summed E-state index contributed by atoms with van der Waals surface area (Å²) in [5, 5.41) is 4.46. The van der Waals surface area contributed by atoms with Crippen molar-refractivity contribution in [2.45, 2.75) is 32.9 Å². The Morgan fingerprint density at radius 2 is 2.19 bits per heavy atom. The second-order valence-corrected chi connectivity index (χ2v) is 8.15. The molecule has 6 nitrogen and oxygen atoms in total. The zero-order valence-corrected chi connectivity index (χ0v) is 13.9. The molecule has 0 N–H and O–H groups in total. The predicted molar refractivity (Wildman–Crippen MR) is 82.2 cm³/mol. The van der Waals surface area contributed by atoms with Crippen molar-refractivity contribution in [2.75, 3.05) is 38.2 Å². The van der Waals surface area contributed by atoms with E-state index < -0.39 is 9.84 Å². The lowest BCUT2D eigenvalue weighted by Gasteiger charge is -2.33. The Balaban J connectivity index is 1.82.